The molecule has 0 aliphatic carbocycles. The molecule has 0 atom stereocenters. The molecule has 0 radical (unpaired) electrons. The van der Waals surface area contributed by atoms with Gasteiger partial charge in [-0.25, -0.2) is 0 Å². The number of nitrogens with one attached hydrogen (secondary N) is 1. The summed E-state index contributed by atoms with van der Waals surface area (Å²) in [6.45, 7) is 0.620. The highest BCUT2D eigenvalue weighted by molar-refractivity contribution is 9.10. The van der Waals surface area contributed by atoms with Crippen LogP contribution in [0.2, 0.25) is 0 Å². The molecular formula is C20H17BrN2O3S2. The number of hydrogen-bond acceptors (Lipinski definition) is 5. The second kappa shape index (κ2) is 9.36. The summed E-state index contributed by atoms with van der Waals surface area (Å²) in [5.74, 6) is 0.358. The van der Waals surface area contributed by atoms with Crippen molar-refractivity contribution in [3.05, 3.63) is 69.0 Å². The summed E-state index contributed by atoms with van der Waals surface area (Å²) in [6, 6.07) is 14.6. The van der Waals surface area contributed by atoms with E-state index < -0.39 is 0 Å². The Kier molecular flexibility index (Phi) is 6.88. The minimum absolute atomic E-state index is 0.159. The first-order valence-electron chi connectivity index (χ1n) is 8.42. The number of rotatable bonds is 6. The minimum Gasteiger partial charge on any atom is -0.497 e. The molecule has 0 spiro atoms. The molecule has 2 aromatic rings. The number of ether oxygens (including phenoxy) is 1. The van der Waals surface area contributed by atoms with E-state index in [0.29, 0.717) is 27.9 Å². The van der Waals surface area contributed by atoms with Gasteiger partial charge < -0.3 is 10.1 Å². The molecular weight excluding hydrogens is 460 g/mol. The van der Waals surface area contributed by atoms with Crippen LogP contribution in [0.4, 0.5) is 0 Å². The third kappa shape index (κ3) is 4.81. The molecule has 1 aliphatic heterocycles. The fraction of sp³-hybridized carbons (Fsp3) is 0.150. The minimum atomic E-state index is -0.204. The Bertz CT molecular complexity index is 962. The van der Waals surface area contributed by atoms with E-state index in [-0.39, 0.29) is 11.8 Å². The number of methoxy groups -OCH3 is 1. The van der Waals surface area contributed by atoms with E-state index in [1.165, 1.54) is 16.7 Å². The first-order valence-corrected chi connectivity index (χ1v) is 10.4. The van der Waals surface area contributed by atoms with Gasteiger partial charge in [0.1, 0.15) is 10.1 Å². The number of benzene rings is 2. The van der Waals surface area contributed by atoms with Gasteiger partial charge in [0, 0.05) is 17.6 Å². The van der Waals surface area contributed by atoms with Crippen LogP contribution in [0.3, 0.4) is 0 Å². The van der Waals surface area contributed by atoms with Crippen LogP contribution in [-0.2, 0) is 4.79 Å². The molecule has 2 amide bonds. The van der Waals surface area contributed by atoms with Crippen LogP contribution in [0.25, 0.3) is 6.08 Å². The molecule has 1 aliphatic rings. The maximum absolute atomic E-state index is 12.7. The van der Waals surface area contributed by atoms with Crippen LogP contribution in [0.1, 0.15) is 15.9 Å². The number of thiocarbonyl (C=S) groups is 1. The van der Waals surface area contributed by atoms with Crippen molar-refractivity contribution in [1.82, 2.24) is 10.2 Å². The summed E-state index contributed by atoms with van der Waals surface area (Å²) >= 11 is 9.95. The Morgan fingerprint density at radius 2 is 2.07 bits per heavy atom. The predicted molar refractivity (Wildman–Crippen MR) is 119 cm³/mol. The zero-order valence-corrected chi connectivity index (χ0v) is 18.2. The van der Waals surface area contributed by atoms with Crippen molar-refractivity contribution >= 4 is 62.1 Å². The van der Waals surface area contributed by atoms with Gasteiger partial charge in [0.15, 0.2) is 0 Å². The molecule has 0 saturated carbocycles. The van der Waals surface area contributed by atoms with Crippen molar-refractivity contribution in [3.8, 4) is 5.75 Å². The molecule has 5 nitrogen and oxygen atoms in total. The first-order chi connectivity index (χ1) is 13.5. The number of hydrogen-bond donors (Lipinski definition) is 1. The average Bonchev–Trinajstić information content (AvgIpc) is 2.95. The highest BCUT2D eigenvalue weighted by Gasteiger charge is 2.31. The van der Waals surface area contributed by atoms with Crippen LogP contribution in [0.5, 0.6) is 5.75 Å². The van der Waals surface area contributed by atoms with E-state index in [0.717, 1.165) is 15.8 Å². The summed E-state index contributed by atoms with van der Waals surface area (Å²) in [5.41, 5.74) is 1.41. The van der Waals surface area contributed by atoms with E-state index in [1.54, 1.807) is 31.4 Å². The standard InChI is InChI=1S/C20H17BrN2O3S2/c1-26-14-6-4-5-13(11-14)12-17-19(25)23(20(27)28-17)10-9-22-18(24)15-7-2-3-8-16(15)21/h2-8,11-12H,9-10H2,1H3,(H,22,24)/b17-12+. The van der Waals surface area contributed by atoms with Crippen molar-refractivity contribution < 1.29 is 14.3 Å². The summed E-state index contributed by atoms with van der Waals surface area (Å²) in [6.07, 6.45) is 1.79. The van der Waals surface area contributed by atoms with Gasteiger partial charge in [-0.2, -0.15) is 0 Å². The van der Waals surface area contributed by atoms with Gasteiger partial charge in [0.2, 0.25) is 0 Å². The second-order valence-electron chi connectivity index (χ2n) is 5.85. The number of carbonyl (C=O) groups excluding carboxylic acids is 2. The molecule has 2 aromatic carbocycles. The van der Waals surface area contributed by atoms with Crippen molar-refractivity contribution in [2.24, 2.45) is 0 Å². The van der Waals surface area contributed by atoms with Gasteiger partial charge >= 0.3 is 0 Å². The zero-order chi connectivity index (χ0) is 20.1. The molecule has 144 valence electrons. The van der Waals surface area contributed by atoms with Crippen LogP contribution < -0.4 is 10.1 Å². The van der Waals surface area contributed by atoms with Gasteiger partial charge in [-0.15, -0.1) is 0 Å². The lowest BCUT2D eigenvalue weighted by molar-refractivity contribution is -0.122. The van der Waals surface area contributed by atoms with E-state index in [1.807, 2.05) is 30.3 Å². The highest BCUT2D eigenvalue weighted by atomic mass is 79.9. The van der Waals surface area contributed by atoms with E-state index in [9.17, 15) is 9.59 Å². The Hall–Kier alpha value is -2.16. The van der Waals surface area contributed by atoms with Gasteiger partial charge in [0.25, 0.3) is 11.8 Å². The van der Waals surface area contributed by atoms with Crippen LogP contribution in [-0.4, -0.2) is 41.2 Å². The third-order valence-corrected chi connectivity index (χ3v) is 6.07. The van der Waals surface area contributed by atoms with Crippen molar-refractivity contribution in [2.45, 2.75) is 0 Å². The Balaban J connectivity index is 1.61. The normalized spacial score (nSPS) is 15.2. The fourth-order valence-electron chi connectivity index (χ4n) is 2.60. The summed E-state index contributed by atoms with van der Waals surface area (Å²) in [4.78, 5) is 27.0. The molecule has 0 bridgehead atoms. The maximum atomic E-state index is 12.7. The van der Waals surface area contributed by atoms with Crippen molar-refractivity contribution in [3.63, 3.8) is 0 Å². The van der Waals surface area contributed by atoms with Gasteiger partial charge in [-0.05, 0) is 51.8 Å². The van der Waals surface area contributed by atoms with E-state index in [4.69, 9.17) is 17.0 Å². The van der Waals surface area contributed by atoms with Crippen LogP contribution in [0, 0.1) is 0 Å². The smallest absolute Gasteiger partial charge is 0.266 e. The molecule has 8 heteroatoms. The molecule has 1 fully saturated rings. The third-order valence-electron chi connectivity index (χ3n) is 4.00. The number of carbonyl (C=O) groups is 2. The SMILES string of the molecule is COc1cccc(/C=C2/SC(=S)N(CCNC(=O)c3ccccc3Br)C2=O)c1. The zero-order valence-electron chi connectivity index (χ0n) is 15.0. The number of amides is 2. The Labute approximate surface area is 181 Å². The molecule has 1 heterocycles. The monoisotopic (exact) mass is 476 g/mol. The predicted octanol–water partition coefficient (Wildman–Crippen LogP) is 4.09. The Morgan fingerprint density at radius 1 is 1.29 bits per heavy atom. The molecule has 28 heavy (non-hydrogen) atoms. The Morgan fingerprint density at radius 3 is 2.82 bits per heavy atom. The number of thioether (sulfide) groups is 1. The van der Waals surface area contributed by atoms with Crippen LogP contribution >= 0.6 is 39.9 Å². The first kappa shape index (κ1) is 20.6. The van der Waals surface area contributed by atoms with Gasteiger partial charge in [-0.1, -0.05) is 48.2 Å². The highest BCUT2D eigenvalue weighted by Crippen LogP contribution is 2.32. The lowest BCUT2D eigenvalue weighted by atomic mass is 10.2. The molecule has 1 N–H and O–H groups in total. The van der Waals surface area contributed by atoms with Gasteiger partial charge in [-0.3, -0.25) is 14.5 Å². The number of halogens is 1. The lowest BCUT2D eigenvalue weighted by Gasteiger charge is -2.15. The second-order valence-corrected chi connectivity index (χ2v) is 8.38. The summed E-state index contributed by atoms with van der Waals surface area (Å²) < 4.78 is 6.41. The molecule has 0 unspecified atom stereocenters. The summed E-state index contributed by atoms with van der Waals surface area (Å²) in [5, 5.41) is 2.82. The van der Waals surface area contributed by atoms with E-state index >= 15 is 0 Å². The quantitative estimate of drug-likeness (QED) is 0.502. The molecule has 0 aromatic heterocycles. The lowest BCUT2D eigenvalue weighted by Crippen LogP contribution is -2.37. The van der Waals surface area contributed by atoms with Gasteiger partial charge in [0.05, 0.1) is 17.6 Å². The largest absolute Gasteiger partial charge is 0.497 e. The fourth-order valence-corrected chi connectivity index (χ4v) is 4.37. The molecule has 1 saturated heterocycles. The topological polar surface area (TPSA) is 58.6 Å². The maximum Gasteiger partial charge on any atom is 0.266 e. The molecule has 3 rings (SSSR count). The van der Waals surface area contributed by atoms with E-state index in [2.05, 4.69) is 21.2 Å². The summed E-state index contributed by atoms with van der Waals surface area (Å²) in [7, 11) is 1.60. The van der Waals surface area contributed by atoms with Crippen LogP contribution in [0.15, 0.2) is 57.9 Å². The average molecular weight is 477 g/mol. The van der Waals surface area contributed by atoms with Crippen molar-refractivity contribution in [2.75, 3.05) is 20.2 Å². The number of nitrogens with zero attached hydrogens (tertiary/aromatic N) is 1. The van der Waals surface area contributed by atoms with Crippen molar-refractivity contribution in [1.29, 1.82) is 0 Å².